The highest BCUT2D eigenvalue weighted by Crippen LogP contribution is 2.28. The Hall–Kier alpha value is -0.340. The molecule has 0 saturated carbocycles. The SMILES string of the molecule is CC(O)CCCCCCCCCCCCCC1=CC(O)CCC1C. The van der Waals surface area contributed by atoms with E-state index in [-0.39, 0.29) is 12.2 Å². The zero-order valence-corrected chi connectivity index (χ0v) is 16.3. The van der Waals surface area contributed by atoms with E-state index in [1.807, 2.05) is 6.92 Å². The van der Waals surface area contributed by atoms with Gasteiger partial charge in [-0.25, -0.2) is 0 Å². The fraction of sp³-hybridized carbons (Fsp3) is 0.909. The first-order chi connectivity index (χ1) is 11.6. The molecule has 0 aromatic heterocycles. The molecule has 0 saturated heterocycles. The lowest BCUT2D eigenvalue weighted by atomic mass is 9.85. The fourth-order valence-electron chi connectivity index (χ4n) is 3.79. The second-order valence-electron chi connectivity index (χ2n) is 8.06. The number of hydrogen-bond acceptors (Lipinski definition) is 2. The van der Waals surface area contributed by atoms with Gasteiger partial charge in [-0.15, -0.1) is 0 Å². The highest BCUT2D eigenvalue weighted by molar-refractivity contribution is 5.11. The lowest BCUT2D eigenvalue weighted by Crippen LogP contribution is -2.15. The van der Waals surface area contributed by atoms with Crippen molar-refractivity contribution in [2.75, 3.05) is 0 Å². The van der Waals surface area contributed by atoms with Crippen LogP contribution in [0.5, 0.6) is 0 Å². The van der Waals surface area contributed by atoms with E-state index in [4.69, 9.17) is 0 Å². The van der Waals surface area contributed by atoms with E-state index in [2.05, 4.69) is 13.0 Å². The van der Waals surface area contributed by atoms with Gasteiger partial charge in [0.25, 0.3) is 0 Å². The van der Waals surface area contributed by atoms with Gasteiger partial charge in [0.05, 0.1) is 12.2 Å². The molecule has 0 radical (unpaired) electrons. The summed E-state index contributed by atoms with van der Waals surface area (Å²) in [6.07, 6.45) is 20.9. The monoisotopic (exact) mass is 338 g/mol. The quantitative estimate of drug-likeness (QED) is 0.294. The first-order valence-corrected chi connectivity index (χ1v) is 10.7. The van der Waals surface area contributed by atoms with Gasteiger partial charge in [-0.1, -0.05) is 82.8 Å². The average molecular weight is 339 g/mol. The van der Waals surface area contributed by atoms with Crippen LogP contribution in [0.15, 0.2) is 11.6 Å². The van der Waals surface area contributed by atoms with Gasteiger partial charge in [0, 0.05) is 0 Å². The average Bonchev–Trinajstić information content (AvgIpc) is 2.54. The van der Waals surface area contributed by atoms with Crippen LogP contribution in [0.4, 0.5) is 0 Å². The molecule has 2 N–H and O–H groups in total. The van der Waals surface area contributed by atoms with Crippen LogP contribution in [0.25, 0.3) is 0 Å². The van der Waals surface area contributed by atoms with Crippen LogP contribution in [0.2, 0.25) is 0 Å². The molecule has 0 heterocycles. The molecule has 1 aliphatic rings. The van der Waals surface area contributed by atoms with Crippen LogP contribution >= 0.6 is 0 Å². The Morgan fingerprint density at radius 2 is 1.38 bits per heavy atom. The fourth-order valence-corrected chi connectivity index (χ4v) is 3.79. The number of unbranched alkanes of at least 4 members (excludes halogenated alkanes) is 10. The molecule has 2 heteroatoms. The van der Waals surface area contributed by atoms with E-state index in [9.17, 15) is 10.2 Å². The molecule has 24 heavy (non-hydrogen) atoms. The predicted molar refractivity (Wildman–Crippen MR) is 104 cm³/mol. The molecule has 2 nitrogen and oxygen atoms in total. The molecule has 3 unspecified atom stereocenters. The van der Waals surface area contributed by atoms with Gasteiger partial charge in [-0.05, 0) is 44.9 Å². The predicted octanol–water partition coefficient (Wildman–Crippen LogP) is 6.16. The first-order valence-electron chi connectivity index (χ1n) is 10.7. The Balaban J connectivity index is 1.82. The van der Waals surface area contributed by atoms with Crippen molar-refractivity contribution in [2.45, 2.75) is 122 Å². The lowest BCUT2D eigenvalue weighted by molar-refractivity contribution is 0.180. The van der Waals surface area contributed by atoms with Gasteiger partial charge in [0.15, 0.2) is 0 Å². The summed E-state index contributed by atoms with van der Waals surface area (Å²) in [4.78, 5) is 0. The van der Waals surface area contributed by atoms with Crippen molar-refractivity contribution in [1.29, 1.82) is 0 Å². The van der Waals surface area contributed by atoms with Crippen LogP contribution in [0.3, 0.4) is 0 Å². The molecule has 0 aromatic rings. The van der Waals surface area contributed by atoms with E-state index >= 15 is 0 Å². The molecule has 0 aromatic carbocycles. The van der Waals surface area contributed by atoms with Gasteiger partial charge < -0.3 is 10.2 Å². The Kier molecular flexibility index (Phi) is 12.6. The third-order valence-corrected chi connectivity index (χ3v) is 5.52. The Bertz CT molecular complexity index is 322. The van der Waals surface area contributed by atoms with Crippen LogP contribution in [0, 0.1) is 5.92 Å². The molecule has 1 aliphatic carbocycles. The molecule has 1 rings (SSSR count). The zero-order valence-electron chi connectivity index (χ0n) is 16.3. The Morgan fingerprint density at radius 1 is 0.875 bits per heavy atom. The minimum Gasteiger partial charge on any atom is -0.393 e. The maximum atomic E-state index is 9.73. The summed E-state index contributed by atoms with van der Waals surface area (Å²) in [5.74, 6) is 0.689. The van der Waals surface area contributed by atoms with Gasteiger partial charge in [-0.3, -0.25) is 0 Å². The van der Waals surface area contributed by atoms with Crippen LogP contribution < -0.4 is 0 Å². The first kappa shape index (κ1) is 21.7. The van der Waals surface area contributed by atoms with Crippen molar-refractivity contribution < 1.29 is 10.2 Å². The molecule has 0 aliphatic heterocycles. The molecule has 0 spiro atoms. The molecule has 3 atom stereocenters. The summed E-state index contributed by atoms with van der Waals surface area (Å²) in [6, 6.07) is 0. The second-order valence-corrected chi connectivity index (χ2v) is 8.06. The zero-order chi connectivity index (χ0) is 17.6. The van der Waals surface area contributed by atoms with E-state index in [0.717, 1.165) is 19.3 Å². The Morgan fingerprint density at radius 3 is 1.92 bits per heavy atom. The summed E-state index contributed by atoms with van der Waals surface area (Å²) in [6.45, 7) is 4.19. The number of hydrogen-bond donors (Lipinski definition) is 2. The lowest BCUT2D eigenvalue weighted by Gasteiger charge is -2.23. The normalized spacial score (nSPS) is 22.4. The number of aliphatic hydroxyl groups excluding tert-OH is 2. The van der Waals surface area contributed by atoms with Gasteiger partial charge >= 0.3 is 0 Å². The number of rotatable bonds is 14. The van der Waals surface area contributed by atoms with Crippen molar-refractivity contribution in [3.8, 4) is 0 Å². The molecule has 0 fully saturated rings. The largest absolute Gasteiger partial charge is 0.393 e. The third-order valence-electron chi connectivity index (χ3n) is 5.52. The third kappa shape index (κ3) is 11.3. The topological polar surface area (TPSA) is 40.5 Å². The van der Waals surface area contributed by atoms with Crippen molar-refractivity contribution >= 4 is 0 Å². The summed E-state index contributed by atoms with van der Waals surface area (Å²) in [7, 11) is 0. The molecular weight excluding hydrogens is 296 g/mol. The van der Waals surface area contributed by atoms with E-state index < -0.39 is 0 Å². The Labute approximate surface area is 150 Å². The van der Waals surface area contributed by atoms with Gasteiger partial charge in [-0.2, -0.15) is 0 Å². The van der Waals surface area contributed by atoms with E-state index in [0.29, 0.717) is 5.92 Å². The van der Waals surface area contributed by atoms with Crippen molar-refractivity contribution in [2.24, 2.45) is 5.92 Å². The number of aliphatic hydroxyl groups is 2. The highest BCUT2D eigenvalue weighted by atomic mass is 16.3. The highest BCUT2D eigenvalue weighted by Gasteiger charge is 2.17. The van der Waals surface area contributed by atoms with Crippen molar-refractivity contribution in [3.05, 3.63) is 11.6 Å². The summed E-state index contributed by atoms with van der Waals surface area (Å²) < 4.78 is 0. The van der Waals surface area contributed by atoms with Crippen molar-refractivity contribution in [3.63, 3.8) is 0 Å². The second kappa shape index (κ2) is 13.9. The summed E-state index contributed by atoms with van der Waals surface area (Å²) in [5.41, 5.74) is 1.50. The van der Waals surface area contributed by atoms with Crippen molar-refractivity contribution in [1.82, 2.24) is 0 Å². The minimum atomic E-state index is -0.178. The van der Waals surface area contributed by atoms with Crippen LogP contribution in [-0.2, 0) is 0 Å². The van der Waals surface area contributed by atoms with E-state index in [1.165, 1.54) is 82.6 Å². The van der Waals surface area contributed by atoms with Gasteiger partial charge in [0.1, 0.15) is 0 Å². The van der Waals surface area contributed by atoms with E-state index in [1.54, 1.807) is 0 Å². The summed E-state index contributed by atoms with van der Waals surface area (Å²) in [5, 5.41) is 18.9. The maximum absolute atomic E-state index is 9.73. The van der Waals surface area contributed by atoms with Gasteiger partial charge in [0.2, 0.25) is 0 Å². The van der Waals surface area contributed by atoms with Crippen LogP contribution in [0.1, 0.15) is 110 Å². The smallest absolute Gasteiger partial charge is 0.0723 e. The maximum Gasteiger partial charge on any atom is 0.0723 e. The standard InChI is InChI=1S/C22H42O2/c1-19-16-17-22(24)18-21(19)15-13-11-9-7-5-3-4-6-8-10-12-14-20(2)23/h18-20,22-24H,3-17H2,1-2H3. The minimum absolute atomic E-state index is 0.118. The molecule has 0 amide bonds. The number of allylic oxidation sites excluding steroid dienone is 1. The van der Waals surface area contributed by atoms with Crippen LogP contribution in [-0.4, -0.2) is 22.4 Å². The molecule has 142 valence electrons. The molecule has 0 bridgehead atoms. The summed E-state index contributed by atoms with van der Waals surface area (Å²) >= 11 is 0. The molecular formula is C22H42O2.